The summed E-state index contributed by atoms with van der Waals surface area (Å²) >= 11 is 5.92. The van der Waals surface area contributed by atoms with Crippen LogP contribution in [0.5, 0.6) is 17.2 Å². The second-order valence-corrected chi connectivity index (χ2v) is 7.15. The van der Waals surface area contributed by atoms with Gasteiger partial charge in [0.1, 0.15) is 17.0 Å². The molecule has 3 aromatic carbocycles. The zero-order chi connectivity index (χ0) is 22.7. The number of aromatic nitrogens is 1. The summed E-state index contributed by atoms with van der Waals surface area (Å²) < 4.78 is 30.5. The lowest BCUT2D eigenvalue weighted by atomic mass is 10.2. The minimum Gasteiger partial charge on any atom is -0.481 e. The molecule has 32 heavy (non-hydrogen) atoms. The molecule has 9 heteroatoms. The zero-order valence-corrected chi connectivity index (χ0v) is 17.4. The number of oxazole rings is 1. The summed E-state index contributed by atoms with van der Waals surface area (Å²) in [5.41, 5.74) is 1.22. The van der Waals surface area contributed by atoms with E-state index in [1.165, 1.54) is 12.1 Å². The lowest BCUT2D eigenvalue weighted by Gasteiger charge is -2.14. The SMILES string of the molecule is C[C@@H](Oc1ccc(Oc2ccc(C#N)cc2F)cc1)C(=O)Nc1nc2cc(Cl)ccc2o1. The van der Waals surface area contributed by atoms with Crippen molar-refractivity contribution in [1.29, 1.82) is 5.26 Å². The van der Waals surface area contributed by atoms with E-state index in [-0.39, 0.29) is 17.3 Å². The van der Waals surface area contributed by atoms with Crippen LogP contribution in [0.15, 0.2) is 65.1 Å². The molecule has 0 unspecified atom stereocenters. The first-order valence-corrected chi connectivity index (χ1v) is 9.80. The summed E-state index contributed by atoms with van der Waals surface area (Å²) in [6, 6.07) is 17.1. The molecule has 0 spiro atoms. The van der Waals surface area contributed by atoms with Gasteiger partial charge in [-0.05, 0) is 67.6 Å². The number of nitrogens with one attached hydrogen (secondary N) is 1. The second-order valence-electron chi connectivity index (χ2n) is 6.71. The second kappa shape index (κ2) is 8.96. The third kappa shape index (κ3) is 4.79. The van der Waals surface area contributed by atoms with E-state index in [9.17, 15) is 9.18 Å². The minimum absolute atomic E-state index is 0.00923. The van der Waals surface area contributed by atoms with E-state index >= 15 is 0 Å². The van der Waals surface area contributed by atoms with Gasteiger partial charge < -0.3 is 13.9 Å². The predicted molar refractivity (Wildman–Crippen MR) is 115 cm³/mol. The van der Waals surface area contributed by atoms with Crippen molar-refractivity contribution >= 4 is 34.6 Å². The largest absolute Gasteiger partial charge is 0.481 e. The molecule has 0 radical (unpaired) electrons. The van der Waals surface area contributed by atoms with Gasteiger partial charge in [0.15, 0.2) is 23.3 Å². The summed E-state index contributed by atoms with van der Waals surface area (Å²) in [6.07, 6.45) is -0.851. The number of anilines is 1. The van der Waals surface area contributed by atoms with Crippen LogP contribution >= 0.6 is 11.6 Å². The molecule has 1 heterocycles. The molecule has 4 aromatic rings. The standard InChI is InChI=1S/C23H15ClFN3O4/c1-13(22(29)28-23-27-19-11-15(24)3-9-21(19)32-23)30-16-4-6-17(7-5-16)31-20-8-2-14(12-26)10-18(20)25/h2-11,13H,1H3,(H,27,28,29)/t13-/m1/s1. The molecule has 0 aliphatic rings. The number of nitriles is 1. The van der Waals surface area contributed by atoms with Gasteiger partial charge in [0.05, 0.1) is 11.6 Å². The van der Waals surface area contributed by atoms with E-state index in [4.69, 9.17) is 30.8 Å². The van der Waals surface area contributed by atoms with Crippen LogP contribution < -0.4 is 14.8 Å². The number of hydrogen-bond acceptors (Lipinski definition) is 6. The fourth-order valence-electron chi connectivity index (χ4n) is 2.79. The normalized spacial score (nSPS) is 11.6. The van der Waals surface area contributed by atoms with Gasteiger partial charge in [-0.2, -0.15) is 10.2 Å². The number of hydrogen-bond donors (Lipinski definition) is 1. The van der Waals surface area contributed by atoms with Gasteiger partial charge >= 0.3 is 6.01 Å². The van der Waals surface area contributed by atoms with Gasteiger partial charge in [0.25, 0.3) is 5.91 Å². The summed E-state index contributed by atoms with van der Waals surface area (Å²) in [7, 11) is 0. The first-order chi connectivity index (χ1) is 15.4. The monoisotopic (exact) mass is 451 g/mol. The van der Waals surface area contributed by atoms with Gasteiger partial charge in [-0.1, -0.05) is 11.6 Å². The highest BCUT2D eigenvalue weighted by Gasteiger charge is 2.18. The Morgan fingerprint density at radius 1 is 1.16 bits per heavy atom. The quantitative estimate of drug-likeness (QED) is 0.404. The first kappa shape index (κ1) is 21.2. The third-order valence-corrected chi connectivity index (χ3v) is 4.61. The molecular weight excluding hydrogens is 437 g/mol. The van der Waals surface area contributed by atoms with Crippen LogP contribution in [-0.2, 0) is 4.79 Å². The molecule has 1 aromatic heterocycles. The lowest BCUT2D eigenvalue weighted by Crippen LogP contribution is -2.30. The van der Waals surface area contributed by atoms with E-state index in [2.05, 4.69) is 10.3 Å². The summed E-state index contributed by atoms with van der Waals surface area (Å²) in [5, 5.41) is 11.9. The van der Waals surface area contributed by atoms with Crippen molar-refractivity contribution in [3.8, 4) is 23.3 Å². The Hall–Kier alpha value is -4.09. The lowest BCUT2D eigenvalue weighted by molar-refractivity contribution is -0.122. The van der Waals surface area contributed by atoms with E-state index in [1.54, 1.807) is 49.4 Å². The molecule has 0 saturated heterocycles. The van der Waals surface area contributed by atoms with Crippen LogP contribution in [0.2, 0.25) is 5.02 Å². The molecule has 7 nitrogen and oxygen atoms in total. The molecular formula is C23H15ClFN3O4. The number of rotatable bonds is 6. The fourth-order valence-corrected chi connectivity index (χ4v) is 2.95. The fraction of sp³-hybridized carbons (Fsp3) is 0.0870. The van der Waals surface area contributed by atoms with Crippen LogP contribution in [0.1, 0.15) is 12.5 Å². The van der Waals surface area contributed by atoms with Gasteiger partial charge in [0, 0.05) is 5.02 Å². The number of nitrogens with zero attached hydrogens (tertiary/aromatic N) is 2. The average Bonchev–Trinajstić information content (AvgIpc) is 3.17. The van der Waals surface area contributed by atoms with Gasteiger partial charge in [-0.15, -0.1) is 0 Å². The highest BCUT2D eigenvalue weighted by Crippen LogP contribution is 2.27. The minimum atomic E-state index is -0.851. The number of carbonyl (C=O) groups excluding carboxylic acids is 1. The van der Waals surface area contributed by atoms with Crippen LogP contribution in [0.25, 0.3) is 11.1 Å². The van der Waals surface area contributed by atoms with Crippen molar-refractivity contribution in [3.05, 3.63) is 77.1 Å². The maximum Gasteiger partial charge on any atom is 0.302 e. The average molecular weight is 452 g/mol. The number of benzene rings is 3. The van der Waals surface area contributed by atoms with Crippen LogP contribution in [-0.4, -0.2) is 17.0 Å². The number of carbonyl (C=O) groups is 1. The number of amides is 1. The molecule has 0 saturated carbocycles. The summed E-state index contributed by atoms with van der Waals surface area (Å²) in [4.78, 5) is 16.6. The third-order valence-electron chi connectivity index (χ3n) is 4.37. The van der Waals surface area contributed by atoms with Crippen molar-refractivity contribution in [3.63, 3.8) is 0 Å². The van der Waals surface area contributed by atoms with Crippen LogP contribution in [0.3, 0.4) is 0 Å². The zero-order valence-electron chi connectivity index (χ0n) is 16.6. The van der Waals surface area contributed by atoms with E-state index in [1.807, 2.05) is 6.07 Å². The van der Waals surface area contributed by atoms with Gasteiger partial charge in [-0.25, -0.2) is 4.39 Å². The predicted octanol–water partition coefficient (Wildman–Crippen LogP) is 5.69. The van der Waals surface area contributed by atoms with Crippen molar-refractivity contribution < 1.29 is 23.1 Å². The number of ether oxygens (including phenoxy) is 2. The highest BCUT2D eigenvalue weighted by atomic mass is 35.5. The van der Waals surface area contributed by atoms with Crippen LogP contribution in [0, 0.1) is 17.1 Å². The smallest absolute Gasteiger partial charge is 0.302 e. The Morgan fingerprint density at radius 3 is 2.62 bits per heavy atom. The van der Waals surface area contributed by atoms with Crippen molar-refractivity contribution in [2.75, 3.05) is 5.32 Å². The topological polar surface area (TPSA) is 97.4 Å². The molecule has 1 N–H and O–H groups in total. The Balaban J connectivity index is 1.37. The number of fused-ring (bicyclic) bond motifs is 1. The summed E-state index contributed by atoms with van der Waals surface area (Å²) in [5.74, 6) is -0.336. The van der Waals surface area contributed by atoms with Crippen molar-refractivity contribution in [1.82, 2.24) is 4.98 Å². The van der Waals surface area contributed by atoms with Gasteiger partial charge in [-0.3, -0.25) is 10.1 Å². The first-order valence-electron chi connectivity index (χ1n) is 9.42. The van der Waals surface area contributed by atoms with Crippen molar-refractivity contribution in [2.45, 2.75) is 13.0 Å². The Morgan fingerprint density at radius 2 is 1.91 bits per heavy atom. The molecule has 0 aliphatic heterocycles. The molecule has 160 valence electrons. The maximum atomic E-state index is 14.0. The van der Waals surface area contributed by atoms with E-state index in [0.29, 0.717) is 27.6 Å². The Kier molecular flexibility index (Phi) is 5.92. The molecule has 0 bridgehead atoms. The molecule has 0 fully saturated rings. The van der Waals surface area contributed by atoms with Crippen LogP contribution in [0.4, 0.5) is 10.4 Å². The summed E-state index contributed by atoms with van der Waals surface area (Å²) in [6.45, 7) is 1.57. The van der Waals surface area contributed by atoms with Gasteiger partial charge in [0.2, 0.25) is 0 Å². The highest BCUT2D eigenvalue weighted by molar-refractivity contribution is 6.31. The molecule has 1 amide bonds. The van der Waals surface area contributed by atoms with E-state index < -0.39 is 17.8 Å². The maximum absolute atomic E-state index is 14.0. The number of halogens is 2. The van der Waals surface area contributed by atoms with Crippen molar-refractivity contribution in [2.24, 2.45) is 0 Å². The Labute approximate surface area is 187 Å². The molecule has 0 aliphatic carbocycles. The molecule has 4 rings (SSSR count). The Bertz CT molecular complexity index is 1330. The van der Waals surface area contributed by atoms with E-state index in [0.717, 1.165) is 6.07 Å². The molecule has 1 atom stereocenters.